The zero-order valence-corrected chi connectivity index (χ0v) is 10.4. The van der Waals surface area contributed by atoms with Crippen LogP contribution in [0.1, 0.15) is 29.5 Å². The molecule has 1 fully saturated rings. The van der Waals surface area contributed by atoms with Crippen LogP contribution >= 0.6 is 0 Å². The van der Waals surface area contributed by atoms with Gasteiger partial charge in [-0.3, -0.25) is 0 Å². The van der Waals surface area contributed by atoms with E-state index in [1.54, 1.807) is 0 Å². The van der Waals surface area contributed by atoms with Crippen molar-refractivity contribution in [1.29, 1.82) is 0 Å². The molecule has 0 spiro atoms. The van der Waals surface area contributed by atoms with Gasteiger partial charge in [0.15, 0.2) is 0 Å². The van der Waals surface area contributed by atoms with Crippen molar-refractivity contribution in [2.75, 3.05) is 6.61 Å². The average Bonchev–Trinajstić information content (AvgIpc) is 3.07. The van der Waals surface area contributed by atoms with Crippen molar-refractivity contribution in [2.45, 2.75) is 39.7 Å². The van der Waals surface area contributed by atoms with E-state index in [1.165, 1.54) is 29.5 Å². The van der Waals surface area contributed by atoms with Gasteiger partial charge in [0.1, 0.15) is 12.4 Å². The zero-order valence-electron chi connectivity index (χ0n) is 10.4. The zero-order chi connectivity index (χ0) is 11.7. The summed E-state index contributed by atoms with van der Waals surface area (Å²) in [4.78, 5) is 0. The Morgan fingerprint density at radius 1 is 1.25 bits per heavy atom. The number of hydrogen-bond acceptors (Lipinski definition) is 2. The molecule has 88 valence electrons. The minimum Gasteiger partial charge on any atom is -0.491 e. The molecule has 2 rings (SSSR count). The van der Waals surface area contributed by atoms with Gasteiger partial charge in [0, 0.05) is 6.04 Å². The van der Waals surface area contributed by atoms with E-state index in [4.69, 9.17) is 10.5 Å². The minimum atomic E-state index is 0.208. The van der Waals surface area contributed by atoms with Crippen molar-refractivity contribution >= 4 is 0 Å². The summed E-state index contributed by atoms with van der Waals surface area (Å²) in [7, 11) is 0. The molecule has 0 radical (unpaired) electrons. The maximum atomic E-state index is 6.04. The highest BCUT2D eigenvalue weighted by Crippen LogP contribution is 2.32. The van der Waals surface area contributed by atoms with Crippen LogP contribution in [-0.2, 0) is 0 Å². The molecule has 1 aromatic carbocycles. The Hall–Kier alpha value is -1.02. The Bertz CT molecular complexity index is 383. The number of hydrogen-bond donors (Lipinski definition) is 1. The average molecular weight is 219 g/mol. The number of rotatable bonds is 4. The van der Waals surface area contributed by atoms with Gasteiger partial charge in [-0.05, 0) is 56.2 Å². The fourth-order valence-electron chi connectivity index (χ4n) is 1.99. The van der Waals surface area contributed by atoms with Crippen molar-refractivity contribution in [3.63, 3.8) is 0 Å². The molecule has 2 nitrogen and oxygen atoms in total. The summed E-state index contributed by atoms with van der Waals surface area (Å²) in [6.45, 7) is 6.96. The molecular formula is C14H21NO. The monoisotopic (exact) mass is 219 g/mol. The van der Waals surface area contributed by atoms with E-state index in [0.29, 0.717) is 12.5 Å². The second-order valence-corrected chi connectivity index (χ2v) is 4.97. The summed E-state index contributed by atoms with van der Waals surface area (Å²) < 4.78 is 5.89. The molecule has 0 aromatic heterocycles. The predicted octanol–water partition coefficient (Wildman–Crippen LogP) is 2.73. The molecule has 0 heterocycles. The maximum absolute atomic E-state index is 6.04. The predicted molar refractivity (Wildman–Crippen MR) is 66.8 cm³/mol. The molecular weight excluding hydrogens is 198 g/mol. The lowest BCUT2D eigenvalue weighted by molar-refractivity contribution is 0.272. The minimum absolute atomic E-state index is 0.208. The van der Waals surface area contributed by atoms with Gasteiger partial charge in [-0.15, -0.1) is 0 Å². The fraction of sp³-hybridized carbons (Fsp3) is 0.571. The summed E-state index contributed by atoms with van der Waals surface area (Å²) in [5.41, 5.74) is 9.76. The number of benzene rings is 1. The van der Waals surface area contributed by atoms with Crippen LogP contribution in [-0.4, -0.2) is 12.6 Å². The molecule has 2 N–H and O–H groups in total. The molecule has 0 saturated heterocycles. The lowest BCUT2D eigenvalue weighted by atomic mass is 10.1. The quantitative estimate of drug-likeness (QED) is 0.845. The van der Waals surface area contributed by atoms with Gasteiger partial charge in [-0.1, -0.05) is 12.1 Å². The van der Waals surface area contributed by atoms with Crippen molar-refractivity contribution in [3.8, 4) is 5.75 Å². The Balaban J connectivity index is 2.05. The number of aryl methyl sites for hydroxylation is 2. The van der Waals surface area contributed by atoms with Crippen LogP contribution in [0.5, 0.6) is 5.75 Å². The van der Waals surface area contributed by atoms with Crippen molar-refractivity contribution in [1.82, 2.24) is 0 Å². The molecule has 0 bridgehead atoms. The fourth-order valence-corrected chi connectivity index (χ4v) is 1.99. The molecule has 1 saturated carbocycles. The third kappa shape index (κ3) is 2.38. The van der Waals surface area contributed by atoms with Crippen molar-refractivity contribution in [3.05, 3.63) is 28.8 Å². The van der Waals surface area contributed by atoms with Crippen LogP contribution in [0.2, 0.25) is 0 Å². The summed E-state index contributed by atoms with van der Waals surface area (Å²) >= 11 is 0. The third-order valence-electron chi connectivity index (χ3n) is 3.52. The molecule has 1 aliphatic rings. The van der Waals surface area contributed by atoms with Crippen LogP contribution in [0.3, 0.4) is 0 Å². The van der Waals surface area contributed by atoms with E-state index >= 15 is 0 Å². The van der Waals surface area contributed by atoms with Gasteiger partial charge in [0.2, 0.25) is 0 Å². The van der Waals surface area contributed by atoms with Crippen LogP contribution in [0.15, 0.2) is 12.1 Å². The van der Waals surface area contributed by atoms with Crippen LogP contribution in [0, 0.1) is 26.7 Å². The molecule has 16 heavy (non-hydrogen) atoms. The van der Waals surface area contributed by atoms with Gasteiger partial charge in [0.25, 0.3) is 0 Å². The molecule has 2 heteroatoms. The summed E-state index contributed by atoms with van der Waals surface area (Å²) in [6.07, 6.45) is 2.55. The number of nitrogens with two attached hydrogens (primary N) is 1. The van der Waals surface area contributed by atoms with Crippen molar-refractivity contribution in [2.24, 2.45) is 11.7 Å². The molecule has 0 amide bonds. The second-order valence-electron chi connectivity index (χ2n) is 4.97. The summed E-state index contributed by atoms with van der Waals surface area (Å²) in [5.74, 6) is 1.72. The first-order chi connectivity index (χ1) is 7.59. The molecule has 1 aliphatic carbocycles. The Morgan fingerprint density at radius 2 is 1.88 bits per heavy atom. The van der Waals surface area contributed by atoms with E-state index in [1.807, 2.05) is 0 Å². The van der Waals surface area contributed by atoms with Crippen LogP contribution in [0.4, 0.5) is 0 Å². The van der Waals surface area contributed by atoms with Gasteiger partial charge >= 0.3 is 0 Å². The Labute approximate surface area is 97.8 Å². The second kappa shape index (κ2) is 4.46. The van der Waals surface area contributed by atoms with Crippen LogP contribution < -0.4 is 10.5 Å². The highest BCUT2D eigenvalue weighted by Gasteiger charge is 2.28. The van der Waals surface area contributed by atoms with E-state index in [2.05, 4.69) is 32.9 Å². The highest BCUT2D eigenvalue weighted by atomic mass is 16.5. The molecule has 1 unspecified atom stereocenters. The lowest BCUT2D eigenvalue weighted by Gasteiger charge is -2.17. The molecule has 1 atom stereocenters. The smallest absolute Gasteiger partial charge is 0.125 e. The Kier molecular flexibility index (Phi) is 3.20. The summed E-state index contributed by atoms with van der Waals surface area (Å²) in [6, 6.07) is 4.46. The largest absolute Gasteiger partial charge is 0.491 e. The molecule has 0 aliphatic heterocycles. The standard InChI is InChI=1S/C14H21NO/c1-9-4-5-10(2)14(11(9)3)16-8-13(15)12-6-7-12/h4-5,12-13H,6-8,15H2,1-3H3. The third-order valence-corrected chi connectivity index (χ3v) is 3.52. The van der Waals surface area contributed by atoms with Gasteiger partial charge in [0.05, 0.1) is 0 Å². The normalized spacial score (nSPS) is 17.2. The topological polar surface area (TPSA) is 35.2 Å². The first kappa shape index (κ1) is 11.5. The molecule has 1 aromatic rings. The maximum Gasteiger partial charge on any atom is 0.125 e. The van der Waals surface area contributed by atoms with E-state index in [0.717, 1.165) is 5.75 Å². The van der Waals surface area contributed by atoms with E-state index in [-0.39, 0.29) is 6.04 Å². The van der Waals surface area contributed by atoms with Gasteiger partial charge < -0.3 is 10.5 Å². The van der Waals surface area contributed by atoms with E-state index < -0.39 is 0 Å². The van der Waals surface area contributed by atoms with Crippen molar-refractivity contribution < 1.29 is 4.74 Å². The lowest BCUT2D eigenvalue weighted by Crippen LogP contribution is -2.30. The summed E-state index contributed by atoms with van der Waals surface area (Å²) in [5, 5.41) is 0. The first-order valence-corrected chi connectivity index (χ1v) is 6.04. The van der Waals surface area contributed by atoms with Gasteiger partial charge in [-0.2, -0.15) is 0 Å². The highest BCUT2D eigenvalue weighted by molar-refractivity contribution is 5.44. The van der Waals surface area contributed by atoms with Gasteiger partial charge in [-0.25, -0.2) is 0 Å². The van der Waals surface area contributed by atoms with E-state index in [9.17, 15) is 0 Å². The Morgan fingerprint density at radius 3 is 2.50 bits per heavy atom. The van der Waals surface area contributed by atoms with Crippen LogP contribution in [0.25, 0.3) is 0 Å². The SMILES string of the molecule is Cc1ccc(C)c(OCC(N)C2CC2)c1C. The first-order valence-electron chi connectivity index (χ1n) is 6.04. The number of ether oxygens (including phenoxy) is 1.